The van der Waals surface area contributed by atoms with Crippen LogP contribution in [0.5, 0.6) is 0 Å². The van der Waals surface area contributed by atoms with E-state index in [4.69, 9.17) is 0 Å². The number of hydrogen-bond acceptors (Lipinski definition) is 4. The molecule has 12 aliphatic rings. The lowest BCUT2D eigenvalue weighted by Crippen LogP contribution is -2.31. The molecule has 360 valence electrons. The summed E-state index contributed by atoms with van der Waals surface area (Å²) in [6, 6.07) is 28.5. The summed E-state index contributed by atoms with van der Waals surface area (Å²) in [4.78, 5) is 56.8. The minimum Gasteiger partial charge on any atom is -0.322 e. The van der Waals surface area contributed by atoms with Crippen molar-refractivity contribution < 1.29 is 19.2 Å². The number of halogens is 2. The summed E-state index contributed by atoms with van der Waals surface area (Å²) in [5.74, 6) is -1.09. The highest BCUT2D eigenvalue weighted by Crippen LogP contribution is 2.49. The minimum absolute atomic E-state index is 0.256. The van der Waals surface area contributed by atoms with Gasteiger partial charge in [0.05, 0.1) is 0 Å². The number of carbonyl (C=O) groups excluding carboxylic acids is 4. The molecule has 2 fully saturated rings. The molecule has 8 nitrogen and oxygen atoms in total. The zero-order valence-electron chi connectivity index (χ0n) is 41.5. The van der Waals surface area contributed by atoms with E-state index < -0.39 is 0 Å². The highest BCUT2D eigenvalue weighted by molar-refractivity contribution is 14.1. The predicted molar refractivity (Wildman–Crippen MR) is 302 cm³/mol. The maximum Gasteiger partial charge on any atom is 0.255 e. The molecule has 6 aromatic carbocycles. The van der Waals surface area contributed by atoms with Crippen LogP contribution < -0.4 is 21.3 Å². The second-order valence-electron chi connectivity index (χ2n) is 20.5. The number of nitrogens with one attached hydrogen (secondary N) is 4. The normalized spacial score (nSPS) is 16.9. The SMILES string of the molecule is Cc1cc2cc(C)c1NC(=O)c1cc(I)cc(c1)C(=O)Nc1c(C)cc(cc1C)C1(CCCCC1)c1cc(C)c(c(C)c1)NC(=O)c1cc(I)cc(c1)C(=O)Nc1c(C)cc(cc1C)C21CCCCC1. The van der Waals surface area contributed by atoms with Crippen LogP contribution in [0.1, 0.15) is 172 Å². The van der Waals surface area contributed by atoms with Crippen LogP contribution in [-0.4, -0.2) is 23.6 Å². The van der Waals surface area contributed by atoms with Gasteiger partial charge >= 0.3 is 0 Å². The molecule has 2 spiro atoms. The van der Waals surface area contributed by atoms with E-state index in [0.29, 0.717) is 22.3 Å². The van der Waals surface area contributed by atoms with Crippen molar-refractivity contribution in [2.45, 2.75) is 130 Å². The molecule has 0 atom stereocenters. The Balaban J connectivity index is 1.16. The Morgan fingerprint density at radius 2 is 0.514 bits per heavy atom. The van der Waals surface area contributed by atoms with Gasteiger partial charge in [-0.1, -0.05) is 87.1 Å². The average molecular weight is 1160 g/mol. The Morgan fingerprint density at radius 1 is 0.314 bits per heavy atom. The summed E-state index contributed by atoms with van der Waals surface area (Å²) < 4.78 is 1.57. The number of carbonyl (C=O) groups is 4. The molecule has 0 saturated heterocycles. The van der Waals surface area contributed by atoms with Crippen LogP contribution in [0.25, 0.3) is 0 Å². The second-order valence-corrected chi connectivity index (χ2v) is 23.0. The molecule has 18 rings (SSSR count). The van der Waals surface area contributed by atoms with Gasteiger partial charge in [-0.25, -0.2) is 0 Å². The van der Waals surface area contributed by atoms with Crippen molar-refractivity contribution in [3.63, 3.8) is 0 Å². The first-order valence-corrected chi connectivity index (χ1v) is 26.8. The molecule has 70 heavy (non-hydrogen) atoms. The Morgan fingerprint density at radius 3 is 0.714 bits per heavy atom. The third-order valence-corrected chi connectivity index (χ3v) is 16.8. The van der Waals surface area contributed by atoms with Gasteiger partial charge in [0.25, 0.3) is 23.6 Å². The number of anilines is 4. The molecule has 10 aliphatic heterocycles. The fraction of sp³-hybridized carbons (Fsp3) is 0.333. The highest BCUT2D eigenvalue weighted by atomic mass is 127. The number of hydrogen-bond donors (Lipinski definition) is 4. The molecule has 4 amide bonds. The molecule has 0 unspecified atom stereocenters. The first-order chi connectivity index (χ1) is 33.3. The lowest BCUT2D eigenvalue weighted by Gasteiger charge is -2.40. The predicted octanol–water partition coefficient (Wildman–Crippen LogP) is 15.2. The van der Waals surface area contributed by atoms with E-state index in [9.17, 15) is 19.2 Å². The summed E-state index contributed by atoms with van der Waals surface area (Å²) in [6.07, 6.45) is 10.6. The molecule has 12 bridgehead atoms. The lowest BCUT2D eigenvalue weighted by atomic mass is 9.64. The van der Waals surface area contributed by atoms with Gasteiger partial charge in [-0.15, -0.1) is 0 Å². The molecule has 10 heterocycles. The van der Waals surface area contributed by atoms with Crippen molar-refractivity contribution in [2.75, 3.05) is 21.3 Å². The topological polar surface area (TPSA) is 116 Å². The Hall–Kier alpha value is -5.34. The Kier molecular flexibility index (Phi) is 14.0. The number of benzene rings is 6. The first-order valence-electron chi connectivity index (χ1n) is 24.7. The summed E-state index contributed by atoms with van der Waals surface area (Å²) in [5, 5.41) is 12.9. The minimum atomic E-state index is -0.273. The summed E-state index contributed by atoms with van der Waals surface area (Å²) in [5.41, 5.74) is 16.8. The molecule has 4 N–H and O–H groups in total. The standard InChI is InChI=1S/C60H62I2N4O4/c1-33-19-45-20-34(2)51(33)63-55(67)41-27-42(30-49(61)29-41)56(68)65-53-37(5)23-47(24-38(53)6)60(17-13-10-14-18-60)48-25-39(7)54(40(8)26-48)66-58(70)44-28-43(31-50(62)32-44)57(69)64-52-35(3)21-46(22-36(52)4)59(45)15-11-9-12-16-59/h19-32H,9-18H2,1-8H3,(H,63,67)(H,64,69)(H,65,68)(H,66,70). The van der Waals surface area contributed by atoms with E-state index >= 15 is 0 Å². The van der Waals surface area contributed by atoms with Crippen molar-refractivity contribution in [1.29, 1.82) is 0 Å². The largest absolute Gasteiger partial charge is 0.322 e. The van der Waals surface area contributed by atoms with Gasteiger partial charge in [-0.05, 0) is 229 Å². The number of aryl methyl sites for hydroxylation is 8. The van der Waals surface area contributed by atoms with Crippen LogP contribution in [0.3, 0.4) is 0 Å². The van der Waals surface area contributed by atoms with Gasteiger partial charge in [-0.3, -0.25) is 19.2 Å². The summed E-state index contributed by atoms with van der Waals surface area (Å²) >= 11 is 4.37. The van der Waals surface area contributed by atoms with E-state index in [2.05, 4.69) is 170 Å². The van der Waals surface area contributed by atoms with E-state index in [1.165, 1.54) is 35.1 Å². The molecule has 6 aromatic rings. The maximum absolute atomic E-state index is 14.2. The molecule has 2 aliphatic carbocycles. The number of amides is 4. The first kappa shape index (κ1) is 49.6. The van der Waals surface area contributed by atoms with Crippen LogP contribution >= 0.6 is 45.2 Å². The van der Waals surface area contributed by atoms with Gasteiger partial charge in [0, 0.05) is 63.0 Å². The van der Waals surface area contributed by atoms with Crippen molar-refractivity contribution in [3.05, 3.63) is 181 Å². The Bertz CT molecular complexity index is 2670. The molecule has 10 heteroatoms. The van der Waals surface area contributed by atoms with Crippen LogP contribution in [0.2, 0.25) is 0 Å². The smallest absolute Gasteiger partial charge is 0.255 e. The van der Waals surface area contributed by atoms with E-state index in [1.54, 1.807) is 12.1 Å². The van der Waals surface area contributed by atoms with Crippen molar-refractivity contribution in [2.24, 2.45) is 0 Å². The van der Waals surface area contributed by atoms with Crippen LogP contribution in [0, 0.1) is 62.5 Å². The van der Waals surface area contributed by atoms with E-state index in [1.807, 2.05) is 24.3 Å². The maximum atomic E-state index is 14.2. The van der Waals surface area contributed by atoms with Crippen molar-refractivity contribution in [1.82, 2.24) is 0 Å². The van der Waals surface area contributed by atoms with Crippen molar-refractivity contribution in [3.8, 4) is 0 Å². The van der Waals surface area contributed by atoms with Gasteiger partial charge in [-0.2, -0.15) is 0 Å². The third-order valence-electron chi connectivity index (χ3n) is 15.6. The van der Waals surface area contributed by atoms with Gasteiger partial charge in [0.1, 0.15) is 0 Å². The fourth-order valence-corrected chi connectivity index (χ4v) is 13.3. The quantitative estimate of drug-likeness (QED) is 0.113. The molecular formula is C60H62I2N4O4. The van der Waals surface area contributed by atoms with Crippen LogP contribution in [0.15, 0.2) is 84.9 Å². The average Bonchev–Trinajstić information content (AvgIpc) is 3.32. The zero-order valence-corrected chi connectivity index (χ0v) is 45.9. The summed E-state index contributed by atoms with van der Waals surface area (Å²) in [7, 11) is 0. The van der Waals surface area contributed by atoms with Gasteiger partial charge < -0.3 is 21.3 Å². The lowest BCUT2D eigenvalue weighted by molar-refractivity contribution is 0.101. The van der Waals surface area contributed by atoms with Gasteiger partial charge in [0.2, 0.25) is 0 Å². The second kappa shape index (κ2) is 19.7. The van der Waals surface area contributed by atoms with Crippen LogP contribution in [0.4, 0.5) is 22.7 Å². The molecule has 2 saturated carbocycles. The van der Waals surface area contributed by atoms with Crippen molar-refractivity contribution >= 4 is 91.6 Å². The Labute approximate surface area is 440 Å². The zero-order chi connectivity index (χ0) is 49.8. The molecule has 0 radical (unpaired) electrons. The summed E-state index contributed by atoms with van der Waals surface area (Å²) in [6.45, 7) is 16.5. The monoisotopic (exact) mass is 1160 g/mol. The van der Waals surface area contributed by atoms with E-state index in [-0.39, 0.29) is 34.5 Å². The number of rotatable bonds is 0. The molecule has 0 aromatic heterocycles. The third kappa shape index (κ3) is 9.46. The van der Waals surface area contributed by atoms with Crippen LogP contribution in [-0.2, 0) is 10.8 Å². The van der Waals surface area contributed by atoms with Gasteiger partial charge in [0.15, 0.2) is 0 Å². The molecular weight excluding hydrogens is 1090 g/mol. The fourth-order valence-electron chi connectivity index (χ4n) is 12.0. The van der Waals surface area contributed by atoms with E-state index in [0.717, 1.165) is 126 Å². The highest BCUT2D eigenvalue weighted by Gasteiger charge is 2.39.